The van der Waals surface area contributed by atoms with Gasteiger partial charge in [-0.3, -0.25) is 9.69 Å². The number of nitrogens with one attached hydrogen (secondary N) is 3. The molecule has 1 fully saturated rings. The molecule has 0 saturated heterocycles. The van der Waals surface area contributed by atoms with Crippen LogP contribution in [0.4, 0.5) is 10.5 Å². The fraction of sp³-hybridized carbons (Fsp3) is 0.440. The van der Waals surface area contributed by atoms with Crippen molar-refractivity contribution in [3.8, 4) is 0 Å². The number of anilines is 1. The zero-order chi connectivity index (χ0) is 23.0. The number of rotatable bonds is 8. The van der Waals surface area contributed by atoms with Crippen molar-refractivity contribution in [2.24, 2.45) is 0 Å². The quantitative estimate of drug-likeness (QED) is 0.527. The Morgan fingerprint density at radius 2 is 1.91 bits per heavy atom. The Morgan fingerprint density at radius 1 is 1.12 bits per heavy atom. The number of urea groups is 1. The summed E-state index contributed by atoms with van der Waals surface area (Å²) in [5.41, 5.74) is 4.23. The number of benzene rings is 1. The Labute approximate surface area is 194 Å². The smallest absolute Gasteiger partial charge is 0.326 e. The van der Waals surface area contributed by atoms with Gasteiger partial charge in [0.1, 0.15) is 6.61 Å². The minimum Gasteiger partial charge on any atom is -0.382 e. The van der Waals surface area contributed by atoms with Gasteiger partial charge in [-0.2, -0.15) is 0 Å². The molecule has 3 aliphatic rings. The van der Waals surface area contributed by atoms with Crippen molar-refractivity contribution in [1.82, 2.24) is 15.5 Å². The second-order valence-corrected chi connectivity index (χ2v) is 8.60. The molecule has 0 spiro atoms. The van der Waals surface area contributed by atoms with Gasteiger partial charge < -0.3 is 25.4 Å². The molecule has 0 unspecified atom stereocenters. The first kappa shape index (κ1) is 23.1. The number of carbonyl (C=O) groups excluding carboxylic acids is 2. The third-order valence-corrected chi connectivity index (χ3v) is 6.27. The van der Waals surface area contributed by atoms with Gasteiger partial charge in [-0.15, -0.1) is 0 Å². The summed E-state index contributed by atoms with van der Waals surface area (Å²) in [6.07, 6.45) is 11.6. The van der Waals surface area contributed by atoms with Crippen LogP contribution < -0.4 is 16.0 Å². The second-order valence-electron chi connectivity index (χ2n) is 8.60. The largest absolute Gasteiger partial charge is 0.382 e. The van der Waals surface area contributed by atoms with E-state index in [1.807, 2.05) is 36.8 Å². The van der Waals surface area contributed by atoms with E-state index in [2.05, 4.69) is 28.1 Å². The first-order valence-electron chi connectivity index (χ1n) is 11.5. The van der Waals surface area contributed by atoms with Crippen molar-refractivity contribution in [3.63, 3.8) is 0 Å². The van der Waals surface area contributed by atoms with E-state index >= 15 is 0 Å². The summed E-state index contributed by atoms with van der Waals surface area (Å²) in [5.74, 6) is 0.407. The molecule has 1 aromatic rings. The van der Waals surface area contributed by atoms with Crippen molar-refractivity contribution < 1.29 is 19.1 Å². The van der Waals surface area contributed by atoms with Crippen molar-refractivity contribution >= 4 is 17.6 Å². The Hall–Kier alpha value is -3.10. The maximum absolute atomic E-state index is 12.6. The molecular formula is C25H32N4O4. The SMILES string of the molecule is COCCOCC(=O)N[C@H]1CC[C@@H](c2ccc(NC(=O)N3C=C4C=CNC=C4C3)cc2)CC1. The molecule has 3 amide bonds. The molecule has 176 valence electrons. The van der Waals surface area contributed by atoms with Crippen LogP contribution >= 0.6 is 0 Å². The predicted octanol–water partition coefficient (Wildman–Crippen LogP) is 3.22. The fourth-order valence-electron chi connectivity index (χ4n) is 4.45. The van der Waals surface area contributed by atoms with Gasteiger partial charge in [-0.05, 0) is 66.5 Å². The Balaban J connectivity index is 1.21. The molecule has 0 aromatic heterocycles. The first-order valence-corrected chi connectivity index (χ1v) is 11.5. The molecule has 33 heavy (non-hydrogen) atoms. The second kappa shape index (κ2) is 11.2. The molecule has 2 heterocycles. The predicted molar refractivity (Wildman–Crippen MR) is 126 cm³/mol. The number of dihydropyridines is 1. The minimum atomic E-state index is -0.138. The molecule has 1 aliphatic carbocycles. The molecule has 4 rings (SSSR count). The van der Waals surface area contributed by atoms with Crippen LogP contribution in [0.5, 0.6) is 0 Å². The average molecular weight is 453 g/mol. The Bertz CT molecular complexity index is 930. The average Bonchev–Trinajstić information content (AvgIpc) is 3.28. The van der Waals surface area contributed by atoms with Crippen LogP contribution in [-0.4, -0.2) is 56.4 Å². The van der Waals surface area contributed by atoms with Crippen molar-refractivity contribution in [2.75, 3.05) is 38.8 Å². The van der Waals surface area contributed by atoms with Crippen LogP contribution in [-0.2, 0) is 14.3 Å². The lowest BCUT2D eigenvalue weighted by atomic mass is 9.81. The Kier molecular flexibility index (Phi) is 7.80. The summed E-state index contributed by atoms with van der Waals surface area (Å²) in [6, 6.07) is 8.20. The van der Waals surface area contributed by atoms with E-state index in [0.29, 0.717) is 25.7 Å². The zero-order valence-electron chi connectivity index (χ0n) is 19.0. The molecule has 1 aromatic carbocycles. The minimum absolute atomic E-state index is 0.0638. The number of allylic oxidation sites excluding steroid dienone is 1. The highest BCUT2D eigenvalue weighted by molar-refractivity contribution is 5.91. The Morgan fingerprint density at radius 3 is 2.64 bits per heavy atom. The number of methoxy groups -OCH3 is 1. The molecule has 8 nitrogen and oxygen atoms in total. The lowest BCUT2D eigenvalue weighted by Gasteiger charge is -2.29. The standard InChI is InChI=1S/C25H32N4O4/c1-32-12-13-33-17-24(30)27-22-6-2-18(3-7-22)19-4-8-23(9-5-19)28-25(31)29-15-20-10-11-26-14-21(20)16-29/h4-5,8-11,14-15,18,22,26H,2-3,6-7,12-13,16-17H2,1H3,(H,27,30)(H,28,31)/t18-,22+. The number of amides is 3. The highest BCUT2D eigenvalue weighted by Crippen LogP contribution is 2.33. The van der Waals surface area contributed by atoms with E-state index in [1.165, 1.54) is 5.56 Å². The highest BCUT2D eigenvalue weighted by atomic mass is 16.5. The lowest BCUT2D eigenvalue weighted by Crippen LogP contribution is -2.39. The number of carbonyl (C=O) groups is 2. The third-order valence-electron chi connectivity index (χ3n) is 6.27. The third kappa shape index (κ3) is 6.24. The highest BCUT2D eigenvalue weighted by Gasteiger charge is 2.25. The zero-order valence-corrected chi connectivity index (χ0v) is 19.0. The van der Waals surface area contributed by atoms with E-state index in [4.69, 9.17) is 9.47 Å². The van der Waals surface area contributed by atoms with Gasteiger partial charge in [-0.1, -0.05) is 12.1 Å². The van der Waals surface area contributed by atoms with Crippen LogP contribution in [0, 0.1) is 0 Å². The van der Waals surface area contributed by atoms with Gasteiger partial charge in [-0.25, -0.2) is 4.79 Å². The summed E-state index contributed by atoms with van der Waals surface area (Å²) in [6.45, 7) is 1.56. The molecule has 8 heteroatoms. The van der Waals surface area contributed by atoms with Crippen LogP contribution in [0.2, 0.25) is 0 Å². The summed E-state index contributed by atoms with van der Waals surface area (Å²) in [4.78, 5) is 26.3. The van der Waals surface area contributed by atoms with E-state index in [0.717, 1.165) is 42.5 Å². The van der Waals surface area contributed by atoms with Gasteiger partial charge in [0.15, 0.2) is 0 Å². The van der Waals surface area contributed by atoms with Gasteiger partial charge in [0.05, 0.1) is 19.8 Å². The summed E-state index contributed by atoms with van der Waals surface area (Å²) in [5, 5.41) is 9.11. The van der Waals surface area contributed by atoms with Gasteiger partial charge >= 0.3 is 6.03 Å². The number of hydrogen-bond acceptors (Lipinski definition) is 5. The van der Waals surface area contributed by atoms with Crippen molar-refractivity contribution in [1.29, 1.82) is 0 Å². The fourth-order valence-corrected chi connectivity index (χ4v) is 4.45. The van der Waals surface area contributed by atoms with E-state index in [-0.39, 0.29) is 24.6 Å². The topological polar surface area (TPSA) is 91.9 Å². The van der Waals surface area contributed by atoms with Crippen LogP contribution in [0.3, 0.4) is 0 Å². The normalized spacial score (nSPS) is 21.5. The van der Waals surface area contributed by atoms with Gasteiger partial charge in [0.25, 0.3) is 0 Å². The molecular weight excluding hydrogens is 420 g/mol. The summed E-state index contributed by atoms with van der Waals surface area (Å²) >= 11 is 0. The number of fused-ring (bicyclic) bond motifs is 1. The molecule has 0 radical (unpaired) electrons. The van der Waals surface area contributed by atoms with E-state index < -0.39 is 0 Å². The maximum Gasteiger partial charge on any atom is 0.326 e. The summed E-state index contributed by atoms with van der Waals surface area (Å²) < 4.78 is 10.2. The molecule has 2 aliphatic heterocycles. The first-order chi connectivity index (χ1) is 16.1. The van der Waals surface area contributed by atoms with Crippen LogP contribution in [0.25, 0.3) is 0 Å². The number of hydrogen-bond donors (Lipinski definition) is 3. The van der Waals surface area contributed by atoms with Crippen molar-refractivity contribution in [3.05, 3.63) is 65.7 Å². The van der Waals surface area contributed by atoms with Gasteiger partial charge in [0, 0.05) is 37.4 Å². The van der Waals surface area contributed by atoms with E-state index in [9.17, 15) is 9.59 Å². The molecule has 0 bridgehead atoms. The van der Waals surface area contributed by atoms with Crippen LogP contribution in [0.15, 0.2) is 60.1 Å². The monoisotopic (exact) mass is 452 g/mol. The van der Waals surface area contributed by atoms with E-state index in [1.54, 1.807) is 12.0 Å². The van der Waals surface area contributed by atoms with Crippen molar-refractivity contribution in [2.45, 2.75) is 37.6 Å². The number of ether oxygens (including phenoxy) is 2. The van der Waals surface area contributed by atoms with Gasteiger partial charge in [0.2, 0.25) is 5.91 Å². The van der Waals surface area contributed by atoms with Crippen LogP contribution in [0.1, 0.15) is 37.2 Å². The molecule has 3 N–H and O–H groups in total. The molecule has 0 atom stereocenters. The maximum atomic E-state index is 12.6. The lowest BCUT2D eigenvalue weighted by molar-refractivity contribution is -0.127. The summed E-state index contributed by atoms with van der Waals surface area (Å²) in [7, 11) is 1.61. The molecule has 1 saturated carbocycles. The number of nitrogens with zero attached hydrogens (tertiary/aromatic N) is 1.